The maximum Gasteiger partial charge on any atom is 0.257 e. The molecule has 1 aliphatic carbocycles. The number of hydrogen-bond donors (Lipinski definition) is 1. The highest BCUT2D eigenvalue weighted by molar-refractivity contribution is 7.99. The molecule has 2 aliphatic rings. The highest BCUT2D eigenvalue weighted by Gasteiger charge is 2.29. The zero-order valence-corrected chi connectivity index (χ0v) is 15.0. The summed E-state index contributed by atoms with van der Waals surface area (Å²) in [5, 5.41) is 3.71. The van der Waals surface area contributed by atoms with Crippen molar-refractivity contribution in [3.8, 4) is 0 Å². The maximum absolute atomic E-state index is 13.0. The zero-order valence-electron chi connectivity index (χ0n) is 13.4. The lowest BCUT2D eigenvalue weighted by Gasteiger charge is -2.27. The molecular formula is C16H22N2O3S2. The fourth-order valence-corrected chi connectivity index (χ4v) is 4.73. The first-order valence-electron chi connectivity index (χ1n) is 8.01. The van der Waals surface area contributed by atoms with Crippen molar-refractivity contribution in [1.82, 2.24) is 4.90 Å². The predicted molar refractivity (Wildman–Crippen MR) is 94.7 cm³/mol. The third-order valence-corrected chi connectivity index (χ3v) is 5.97. The Bertz CT molecular complexity index is 594. The van der Waals surface area contributed by atoms with Crippen LogP contribution in [-0.4, -0.2) is 55.0 Å². The summed E-state index contributed by atoms with van der Waals surface area (Å²) in [4.78, 5) is 28.1. The van der Waals surface area contributed by atoms with E-state index >= 15 is 0 Å². The fourth-order valence-electron chi connectivity index (χ4n) is 3.10. The van der Waals surface area contributed by atoms with E-state index in [1.54, 1.807) is 11.3 Å². The molecule has 3 rings (SSSR count). The molecule has 0 saturated carbocycles. The Balaban J connectivity index is 1.90. The quantitative estimate of drug-likeness (QED) is 0.902. The number of carbonyl (C=O) groups is 2. The van der Waals surface area contributed by atoms with Gasteiger partial charge in [0, 0.05) is 18.0 Å². The molecule has 0 bridgehead atoms. The third kappa shape index (κ3) is 3.72. The summed E-state index contributed by atoms with van der Waals surface area (Å²) in [6.45, 7) is 2.43. The number of hydrogen-bond acceptors (Lipinski definition) is 5. The van der Waals surface area contributed by atoms with Gasteiger partial charge < -0.3 is 15.0 Å². The number of morpholine rings is 1. The minimum atomic E-state index is -0.0351. The summed E-state index contributed by atoms with van der Waals surface area (Å²) < 4.78 is 5.34. The van der Waals surface area contributed by atoms with Gasteiger partial charge in [-0.1, -0.05) is 0 Å². The van der Waals surface area contributed by atoms with Crippen LogP contribution in [0.25, 0.3) is 0 Å². The van der Waals surface area contributed by atoms with Crippen LogP contribution in [0.15, 0.2) is 0 Å². The number of carbonyl (C=O) groups excluding carboxylic acids is 2. The van der Waals surface area contributed by atoms with E-state index in [0.717, 1.165) is 41.8 Å². The van der Waals surface area contributed by atoms with E-state index in [1.165, 1.54) is 16.6 Å². The van der Waals surface area contributed by atoms with Crippen LogP contribution in [0.2, 0.25) is 0 Å². The lowest BCUT2D eigenvalue weighted by atomic mass is 9.95. The molecular weight excluding hydrogens is 332 g/mol. The molecule has 1 aliphatic heterocycles. The molecule has 1 N–H and O–H groups in total. The Morgan fingerprint density at radius 1 is 1.26 bits per heavy atom. The van der Waals surface area contributed by atoms with E-state index in [1.807, 2.05) is 11.2 Å². The van der Waals surface area contributed by atoms with Crippen molar-refractivity contribution in [2.75, 3.05) is 43.6 Å². The number of anilines is 1. The molecule has 2 amide bonds. The largest absolute Gasteiger partial charge is 0.378 e. The molecule has 23 heavy (non-hydrogen) atoms. The Morgan fingerprint density at radius 2 is 2.00 bits per heavy atom. The van der Waals surface area contributed by atoms with Crippen molar-refractivity contribution in [2.24, 2.45) is 0 Å². The van der Waals surface area contributed by atoms with Crippen LogP contribution in [0.3, 0.4) is 0 Å². The van der Waals surface area contributed by atoms with Gasteiger partial charge >= 0.3 is 0 Å². The first-order chi connectivity index (χ1) is 11.2. The number of thiophene rings is 1. The van der Waals surface area contributed by atoms with Crippen molar-refractivity contribution in [3.05, 3.63) is 16.0 Å². The Morgan fingerprint density at radius 3 is 2.74 bits per heavy atom. The van der Waals surface area contributed by atoms with Gasteiger partial charge in [-0.3, -0.25) is 9.59 Å². The molecule has 1 fully saturated rings. The molecule has 0 unspecified atom stereocenters. The van der Waals surface area contributed by atoms with Crippen LogP contribution in [0.1, 0.15) is 33.6 Å². The molecule has 0 radical (unpaired) electrons. The monoisotopic (exact) mass is 354 g/mol. The average molecular weight is 354 g/mol. The van der Waals surface area contributed by atoms with Gasteiger partial charge in [-0.15, -0.1) is 11.3 Å². The Kier molecular flexibility index (Phi) is 5.61. The lowest BCUT2D eigenvalue weighted by Crippen LogP contribution is -2.41. The van der Waals surface area contributed by atoms with E-state index in [-0.39, 0.29) is 11.8 Å². The van der Waals surface area contributed by atoms with Crippen LogP contribution in [-0.2, 0) is 22.4 Å². The van der Waals surface area contributed by atoms with Crippen molar-refractivity contribution in [3.63, 3.8) is 0 Å². The second-order valence-corrected chi connectivity index (χ2v) is 7.77. The first-order valence-corrected chi connectivity index (χ1v) is 10.2. The number of thioether (sulfide) groups is 1. The van der Waals surface area contributed by atoms with Crippen LogP contribution >= 0.6 is 23.1 Å². The molecule has 7 heteroatoms. The molecule has 0 spiro atoms. The van der Waals surface area contributed by atoms with Crippen LogP contribution in [0.4, 0.5) is 5.00 Å². The van der Waals surface area contributed by atoms with Crippen LogP contribution < -0.4 is 5.32 Å². The van der Waals surface area contributed by atoms with Crippen molar-refractivity contribution in [2.45, 2.75) is 25.7 Å². The van der Waals surface area contributed by atoms with Crippen LogP contribution in [0, 0.1) is 0 Å². The lowest BCUT2D eigenvalue weighted by molar-refractivity contribution is -0.113. The second kappa shape index (κ2) is 7.68. The van der Waals surface area contributed by atoms with Gasteiger partial charge in [-0.05, 0) is 37.5 Å². The molecule has 0 atom stereocenters. The number of nitrogens with zero attached hydrogens (tertiary/aromatic N) is 1. The van der Waals surface area contributed by atoms with Crippen molar-refractivity contribution < 1.29 is 14.3 Å². The summed E-state index contributed by atoms with van der Waals surface area (Å²) in [7, 11) is 0. The van der Waals surface area contributed by atoms with Gasteiger partial charge in [-0.25, -0.2) is 0 Å². The summed E-state index contributed by atoms with van der Waals surface area (Å²) >= 11 is 3.08. The molecule has 126 valence electrons. The van der Waals surface area contributed by atoms with E-state index in [0.29, 0.717) is 32.1 Å². The molecule has 1 saturated heterocycles. The Hall–Kier alpha value is -1.05. The second-order valence-electron chi connectivity index (χ2n) is 5.80. The van der Waals surface area contributed by atoms with Crippen molar-refractivity contribution >= 4 is 39.9 Å². The minimum absolute atomic E-state index is 0.0351. The zero-order chi connectivity index (χ0) is 16.2. The van der Waals surface area contributed by atoms with Crippen LogP contribution in [0.5, 0.6) is 0 Å². The molecule has 0 aromatic carbocycles. The molecule has 1 aromatic heterocycles. The maximum atomic E-state index is 13.0. The predicted octanol–water partition coefficient (Wildman–Crippen LogP) is 2.40. The van der Waals surface area contributed by atoms with E-state index in [4.69, 9.17) is 4.74 Å². The fraction of sp³-hybridized carbons (Fsp3) is 0.625. The average Bonchev–Trinajstić information content (AvgIpc) is 2.93. The molecule has 2 heterocycles. The summed E-state index contributed by atoms with van der Waals surface area (Å²) in [5.74, 6) is 0.424. The number of rotatable bonds is 4. The number of fused-ring (bicyclic) bond motifs is 1. The van der Waals surface area contributed by atoms with E-state index < -0.39 is 0 Å². The number of nitrogens with one attached hydrogen (secondary N) is 1. The summed E-state index contributed by atoms with van der Waals surface area (Å²) in [6, 6.07) is 0. The normalized spacial score (nSPS) is 17.7. The topological polar surface area (TPSA) is 58.6 Å². The van der Waals surface area contributed by atoms with Gasteiger partial charge in [0.15, 0.2) is 0 Å². The van der Waals surface area contributed by atoms with Crippen molar-refractivity contribution in [1.29, 1.82) is 0 Å². The SMILES string of the molecule is CSCC(=O)Nc1sc2c(c1C(=O)N1CCOCC1)CCCC2. The number of ether oxygens (including phenoxy) is 1. The minimum Gasteiger partial charge on any atom is -0.378 e. The van der Waals surface area contributed by atoms with Gasteiger partial charge in [-0.2, -0.15) is 11.8 Å². The van der Waals surface area contributed by atoms with Gasteiger partial charge in [0.25, 0.3) is 5.91 Å². The first kappa shape index (κ1) is 16.8. The summed E-state index contributed by atoms with van der Waals surface area (Å²) in [5.41, 5.74) is 1.90. The number of amides is 2. The summed E-state index contributed by atoms with van der Waals surface area (Å²) in [6.07, 6.45) is 6.14. The standard InChI is InChI=1S/C16H22N2O3S2/c1-22-10-13(19)17-15-14(11-4-2-3-5-12(11)23-15)16(20)18-6-8-21-9-7-18/h2-10H2,1H3,(H,17,19). The third-order valence-electron chi connectivity index (χ3n) is 4.21. The molecule has 5 nitrogen and oxygen atoms in total. The Labute approximate surface area is 144 Å². The number of aryl methyl sites for hydroxylation is 1. The smallest absolute Gasteiger partial charge is 0.257 e. The molecule has 1 aromatic rings. The van der Waals surface area contributed by atoms with Gasteiger partial charge in [0.1, 0.15) is 5.00 Å². The van der Waals surface area contributed by atoms with E-state index in [9.17, 15) is 9.59 Å². The van der Waals surface area contributed by atoms with Gasteiger partial charge in [0.05, 0.1) is 24.5 Å². The highest BCUT2D eigenvalue weighted by atomic mass is 32.2. The van der Waals surface area contributed by atoms with E-state index in [2.05, 4.69) is 5.32 Å². The highest BCUT2D eigenvalue weighted by Crippen LogP contribution is 2.39. The van der Waals surface area contributed by atoms with Gasteiger partial charge in [0.2, 0.25) is 5.91 Å².